The topological polar surface area (TPSA) is 100 Å². The molecule has 2 aromatic carbocycles. The number of para-hydroxylation sites is 1. The minimum atomic E-state index is -0.0702. The molecule has 1 unspecified atom stereocenters. The summed E-state index contributed by atoms with van der Waals surface area (Å²) in [5.41, 5.74) is 7.34. The van der Waals surface area contributed by atoms with E-state index >= 15 is 0 Å². The summed E-state index contributed by atoms with van der Waals surface area (Å²) in [6, 6.07) is 16.7. The fourth-order valence-corrected chi connectivity index (χ4v) is 3.80. The largest absolute Gasteiger partial charge is 0.368 e. The molecule has 3 aromatic rings. The molecule has 1 aliphatic heterocycles. The summed E-state index contributed by atoms with van der Waals surface area (Å²) >= 11 is 6.19. The fourth-order valence-electron chi connectivity index (χ4n) is 3.58. The van der Waals surface area contributed by atoms with Gasteiger partial charge in [-0.1, -0.05) is 41.9 Å². The highest BCUT2D eigenvalue weighted by molar-refractivity contribution is 6.33. The SMILES string of the molecule is CC(c1nc(N)nc(Nc2ccccc2)n1)N1CCN(C(=O)c2ccccc2Cl)CC1. The number of carbonyl (C=O) groups excluding carboxylic acids is 1. The Morgan fingerprint density at radius 1 is 1.00 bits per heavy atom. The number of carbonyl (C=O) groups is 1. The van der Waals surface area contributed by atoms with Gasteiger partial charge < -0.3 is 16.0 Å². The first kappa shape index (κ1) is 21.0. The van der Waals surface area contributed by atoms with Gasteiger partial charge in [-0.25, -0.2) is 0 Å². The predicted molar refractivity (Wildman–Crippen MR) is 121 cm³/mol. The normalized spacial score (nSPS) is 15.5. The third-order valence-electron chi connectivity index (χ3n) is 5.33. The van der Waals surface area contributed by atoms with Crippen molar-refractivity contribution >= 4 is 35.1 Å². The summed E-state index contributed by atoms with van der Waals surface area (Å²) in [5.74, 6) is 1.13. The number of aromatic nitrogens is 3. The zero-order valence-corrected chi connectivity index (χ0v) is 18.0. The second kappa shape index (κ2) is 9.28. The highest BCUT2D eigenvalue weighted by Crippen LogP contribution is 2.23. The molecule has 1 aromatic heterocycles. The molecule has 9 heteroatoms. The Hall–Kier alpha value is -3.23. The van der Waals surface area contributed by atoms with Gasteiger partial charge in [0.25, 0.3) is 5.91 Å². The first-order valence-corrected chi connectivity index (χ1v) is 10.5. The van der Waals surface area contributed by atoms with Crippen LogP contribution in [0.5, 0.6) is 0 Å². The predicted octanol–water partition coefficient (Wildman–Crippen LogP) is 3.37. The van der Waals surface area contributed by atoms with Crippen molar-refractivity contribution in [2.24, 2.45) is 0 Å². The van der Waals surface area contributed by atoms with Crippen LogP contribution >= 0.6 is 11.6 Å². The van der Waals surface area contributed by atoms with Gasteiger partial charge in [0.2, 0.25) is 11.9 Å². The number of rotatable bonds is 5. The quantitative estimate of drug-likeness (QED) is 0.631. The zero-order valence-electron chi connectivity index (χ0n) is 17.2. The maximum absolute atomic E-state index is 12.8. The number of hydrogen-bond donors (Lipinski definition) is 2. The molecule has 1 atom stereocenters. The van der Waals surface area contributed by atoms with Gasteiger partial charge in [-0.2, -0.15) is 15.0 Å². The number of halogens is 1. The molecule has 1 fully saturated rings. The van der Waals surface area contributed by atoms with Gasteiger partial charge in [-0.05, 0) is 31.2 Å². The molecule has 1 amide bonds. The first-order chi connectivity index (χ1) is 15.0. The van der Waals surface area contributed by atoms with Crippen molar-refractivity contribution in [1.82, 2.24) is 24.8 Å². The molecule has 1 saturated heterocycles. The third kappa shape index (κ3) is 4.92. The zero-order chi connectivity index (χ0) is 21.8. The van der Waals surface area contributed by atoms with Gasteiger partial charge in [0, 0.05) is 31.9 Å². The van der Waals surface area contributed by atoms with Crippen LogP contribution in [0.4, 0.5) is 17.6 Å². The lowest BCUT2D eigenvalue weighted by molar-refractivity contribution is 0.0575. The Labute approximate surface area is 186 Å². The van der Waals surface area contributed by atoms with Crippen LogP contribution in [0.15, 0.2) is 54.6 Å². The van der Waals surface area contributed by atoms with Crippen molar-refractivity contribution in [3.8, 4) is 0 Å². The molecule has 0 radical (unpaired) electrons. The molecule has 2 heterocycles. The number of nitrogens with one attached hydrogen (secondary N) is 1. The number of benzene rings is 2. The van der Waals surface area contributed by atoms with Gasteiger partial charge in [-0.3, -0.25) is 9.69 Å². The van der Waals surface area contributed by atoms with Crippen LogP contribution in [-0.4, -0.2) is 56.8 Å². The van der Waals surface area contributed by atoms with E-state index in [-0.39, 0.29) is 17.9 Å². The Bertz CT molecular complexity index is 1050. The van der Waals surface area contributed by atoms with E-state index in [0.29, 0.717) is 48.5 Å². The molecule has 0 spiro atoms. The summed E-state index contributed by atoms with van der Waals surface area (Å²) in [5, 5.41) is 3.64. The van der Waals surface area contributed by atoms with Gasteiger partial charge >= 0.3 is 0 Å². The third-order valence-corrected chi connectivity index (χ3v) is 5.66. The highest BCUT2D eigenvalue weighted by atomic mass is 35.5. The number of nitrogens with two attached hydrogens (primary N) is 1. The summed E-state index contributed by atoms with van der Waals surface area (Å²) in [6.45, 7) is 4.63. The second-order valence-electron chi connectivity index (χ2n) is 7.35. The summed E-state index contributed by atoms with van der Waals surface area (Å²) in [7, 11) is 0. The van der Waals surface area contributed by atoms with E-state index in [0.717, 1.165) is 5.69 Å². The van der Waals surface area contributed by atoms with E-state index in [4.69, 9.17) is 17.3 Å². The average molecular weight is 438 g/mol. The van der Waals surface area contributed by atoms with E-state index in [1.54, 1.807) is 12.1 Å². The minimum absolute atomic E-state index is 0.0448. The summed E-state index contributed by atoms with van der Waals surface area (Å²) in [4.78, 5) is 30.0. The molecule has 31 heavy (non-hydrogen) atoms. The van der Waals surface area contributed by atoms with Crippen molar-refractivity contribution < 1.29 is 4.79 Å². The van der Waals surface area contributed by atoms with Gasteiger partial charge in [0.05, 0.1) is 16.6 Å². The molecule has 160 valence electrons. The van der Waals surface area contributed by atoms with Crippen LogP contribution in [0.1, 0.15) is 29.1 Å². The second-order valence-corrected chi connectivity index (χ2v) is 7.76. The lowest BCUT2D eigenvalue weighted by Gasteiger charge is -2.37. The maximum atomic E-state index is 12.8. The molecule has 0 saturated carbocycles. The first-order valence-electron chi connectivity index (χ1n) is 10.1. The maximum Gasteiger partial charge on any atom is 0.255 e. The van der Waals surface area contributed by atoms with Gasteiger partial charge in [0.1, 0.15) is 0 Å². The number of nitrogens with zero attached hydrogens (tertiary/aromatic N) is 5. The smallest absolute Gasteiger partial charge is 0.255 e. The Balaban J connectivity index is 1.42. The molecule has 1 aliphatic rings. The van der Waals surface area contributed by atoms with Crippen molar-refractivity contribution in [1.29, 1.82) is 0 Å². The fraction of sp³-hybridized carbons (Fsp3) is 0.273. The van der Waals surface area contributed by atoms with E-state index in [9.17, 15) is 4.79 Å². The van der Waals surface area contributed by atoms with E-state index in [2.05, 4.69) is 25.2 Å². The van der Waals surface area contributed by atoms with Gasteiger partial charge in [-0.15, -0.1) is 0 Å². The standard InChI is InChI=1S/C22H24ClN7O/c1-15(19-26-21(24)28-22(27-19)25-16-7-3-2-4-8-16)29-11-13-30(14-12-29)20(31)17-9-5-6-10-18(17)23/h2-10,15H,11-14H2,1H3,(H3,24,25,26,27,28). The number of hydrogen-bond acceptors (Lipinski definition) is 7. The Morgan fingerprint density at radius 2 is 1.68 bits per heavy atom. The van der Waals surface area contributed by atoms with Gasteiger partial charge in [0.15, 0.2) is 5.82 Å². The van der Waals surface area contributed by atoms with E-state index in [1.807, 2.05) is 54.3 Å². The van der Waals surface area contributed by atoms with Crippen LogP contribution < -0.4 is 11.1 Å². The number of amides is 1. The number of nitrogen functional groups attached to an aromatic ring is 1. The number of anilines is 3. The Kier molecular flexibility index (Phi) is 6.29. The van der Waals surface area contributed by atoms with Crippen LogP contribution in [0.2, 0.25) is 5.02 Å². The monoisotopic (exact) mass is 437 g/mol. The average Bonchev–Trinajstić information content (AvgIpc) is 2.79. The van der Waals surface area contributed by atoms with Crippen molar-refractivity contribution in [2.45, 2.75) is 13.0 Å². The molecular weight excluding hydrogens is 414 g/mol. The van der Waals surface area contributed by atoms with Crippen molar-refractivity contribution in [2.75, 3.05) is 37.2 Å². The Morgan fingerprint density at radius 3 is 2.39 bits per heavy atom. The molecule has 4 rings (SSSR count). The minimum Gasteiger partial charge on any atom is -0.368 e. The lowest BCUT2D eigenvalue weighted by Crippen LogP contribution is -2.49. The lowest BCUT2D eigenvalue weighted by atomic mass is 10.1. The molecule has 0 bridgehead atoms. The van der Waals surface area contributed by atoms with Crippen LogP contribution in [-0.2, 0) is 0 Å². The van der Waals surface area contributed by atoms with Crippen LogP contribution in [0, 0.1) is 0 Å². The van der Waals surface area contributed by atoms with Crippen LogP contribution in [0.3, 0.4) is 0 Å². The summed E-state index contributed by atoms with van der Waals surface area (Å²) in [6.07, 6.45) is 0. The van der Waals surface area contributed by atoms with E-state index in [1.165, 1.54) is 0 Å². The summed E-state index contributed by atoms with van der Waals surface area (Å²) < 4.78 is 0. The van der Waals surface area contributed by atoms with Crippen molar-refractivity contribution in [3.63, 3.8) is 0 Å². The van der Waals surface area contributed by atoms with Crippen molar-refractivity contribution in [3.05, 3.63) is 71.0 Å². The van der Waals surface area contributed by atoms with Crippen LogP contribution in [0.25, 0.3) is 0 Å². The molecule has 0 aliphatic carbocycles. The number of piperazine rings is 1. The molecule has 8 nitrogen and oxygen atoms in total. The van der Waals surface area contributed by atoms with E-state index < -0.39 is 0 Å². The molecular formula is C22H24ClN7O. The molecule has 3 N–H and O–H groups in total. The highest BCUT2D eigenvalue weighted by Gasteiger charge is 2.27.